The van der Waals surface area contributed by atoms with Crippen LogP contribution in [0.1, 0.15) is 5.56 Å². The van der Waals surface area contributed by atoms with E-state index in [0.29, 0.717) is 16.7 Å². The van der Waals surface area contributed by atoms with Crippen molar-refractivity contribution >= 4 is 49.7 Å². The van der Waals surface area contributed by atoms with Crippen LogP contribution in [0.5, 0.6) is 0 Å². The molecule has 2 heterocycles. The summed E-state index contributed by atoms with van der Waals surface area (Å²) in [6.07, 6.45) is 0. The van der Waals surface area contributed by atoms with E-state index in [1.54, 1.807) is 4.57 Å². The van der Waals surface area contributed by atoms with Gasteiger partial charge in [-0.15, -0.1) is 11.3 Å². The molecule has 0 bridgehead atoms. The third-order valence-electron chi connectivity index (χ3n) is 2.84. The van der Waals surface area contributed by atoms with E-state index in [1.807, 2.05) is 35.7 Å². The van der Waals surface area contributed by atoms with Crippen LogP contribution in [0.25, 0.3) is 10.2 Å². The monoisotopic (exact) mass is 352 g/mol. The second-order valence-electron chi connectivity index (χ2n) is 4.11. The van der Waals surface area contributed by atoms with Gasteiger partial charge in [-0.3, -0.25) is 9.36 Å². The Morgan fingerprint density at radius 2 is 2.21 bits per heavy atom. The Kier molecular flexibility index (Phi) is 3.38. The third-order valence-corrected chi connectivity index (χ3v) is 4.48. The number of nitrogens with zero attached hydrogens (tertiary/aromatic N) is 1. The number of hydrogen-bond donors (Lipinski definition) is 1. The van der Waals surface area contributed by atoms with Crippen molar-refractivity contribution in [3.63, 3.8) is 0 Å². The molecule has 3 rings (SSSR count). The smallest absolute Gasteiger partial charge is 0.263 e. The first-order chi connectivity index (χ1) is 9.15. The lowest BCUT2D eigenvalue weighted by atomic mass is 10.2. The molecule has 0 saturated carbocycles. The zero-order valence-electron chi connectivity index (χ0n) is 9.72. The van der Waals surface area contributed by atoms with Crippen molar-refractivity contribution in [3.8, 4) is 0 Å². The van der Waals surface area contributed by atoms with Crippen molar-refractivity contribution in [2.45, 2.75) is 6.54 Å². The van der Waals surface area contributed by atoms with Crippen molar-refractivity contribution in [3.05, 3.63) is 60.9 Å². The van der Waals surface area contributed by atoms with Gasteiger partial charge in [0.2, 0.25) is 0 Å². The van der Waals surface area contributed by atoms with Gasteiger partial charge in [0.15, 0.2) is 4.77 Å². The maximum Gasteiger partial charge on any atom is 0.263 e. The molecule has 0 fully saturated rings. The molecule has 0 spiro atoms. The van der Waals surface area contributed by atoms with Gasteiger partial charge < -0.3 is 4.98 Å². The number of halogens is 1. The molecule has 0 aliphatic heterocycles. The molecule has 1 N–H and O–H groups in total. The van der Waals surface area contributed by atoms with E-state index in [0.717, 1.165) is 14.9 Å². The van der Waals surface area contributed by atoms with E-state index in [1.165, 1.54) is 11.3 Å². The SMILES string of the molecule is O=c1c2ccsc2[nH]c(=S)n1Cc1cccc(Br)c1. The summed E-state index contributed by atoms with van der Waals surface area (Å²) >= 11 is 10.2. The summed E-state index contributed by atoms with van der Waals surface area (Å²) in [6, 6.07) is 9.68. The summed E-state index contributed by atoms with van der Waals surface area (Å²) in [5.74, 6) is 0. The van der Waals surface area contributed by atoms with Crippen LogP contribution in [0, 0.1) is 4.77 Å². The number of thiophene rings is 1. The lowest BCUT2D eigenvalue weighted by molar-refractivity contribution is 0.735. The molecule has 0 unspecified atom stereocenters. The summed E-state index contributed by atoms with van der Waals surface area (Å²) in [4.78, 5) is 16.3. The van der Waals surface area contributed by atoms with Gasteiger partial charge >= 0.3 is 0 Å². The first kappa shape index (κ1) is 12.8. The minimum absolute atomic E-state index is 0.0417. The molecule has 0 radical (unpaired) electrons. The quantitative estimate of drug-likeness (QED) is 0.709. The van der Waals surface area contributed by atoms with Crippen molar-refractivity contribution in [1.29, 1.82) is 0 Å². The number of hydrogen-bond acceptors (Lipinski definition) is 3. The molecular weight excluding hydrogens is 344 g/mol. The molecule has 6 heteroatoms. The Bertz CT molecular complexity index is 863. The minimum atomic E-state index is -0.0417. The zero-order chi connectivity index (χ0) is 13.4. The van der Waals surface area contributed by atoms with Crippen LogP contribution in [0.3, 0.4) is 0 Å². The molecule has 1 aromatic carbocycles. The van der Waals surface area contributed by atoms with E-state index in [2.05, 4.69) is 20.9 Å². The highest BCUT2D eigenvalue weighted by Crippen LogP contribution is 2.16. The van der Waals surface area contributed by atoms with Gasteiger partial charge in [0.05, 0.1) is 11.9 Å². The van der Waals surface area contributed by atoms with Crippen LogP contribution in [0.4, 0.5) is 0 Å². The van der Waals surface area contributed by atoms with Gasteiger partial charge in [-0.2, -0.15) is 0 Å². The molecule has 19 heavy (non-hydrogen) atoms. The van der Waals surface area contributed by atoms with Crippen LogP contribution in [0.15, 0.2) is 45.0 Å². The summed E-state index contributed by atoms with van der Waals surface area (Å²) in [5.41, 5.74) is 0.991. The molecule has 2 aromatic heterocycles. The lowest BCUT2D eigenvalue weighted by Crippen LogP contribution is -2.22. The Hall–Kier alpha value is -1.24. The number of nitrogens with one attached hydrogen (secondary N) is 1. The zero-order valence-corrected chi connectivity index (χ0v) is 12.9. The van der Waals surface area contributed by atoms with E-state index in [4.69, 9.17) is 12.2 Å². The summed E-state index contributed by atoms with van der Waals surface area (Å²) in [6.45, 7) is 0.472. The summed E-state index contributed by atoms with van der Waals surface area (Å²) < 4.78 is 3.04. The molecule has 0 atom stereocenters. The standard InChI is InChI=1S/C13H9BrN2OS2/c14-9-3-1-2-8(6-9)7-16-12(17)10-4-5-19-11(10)15-13(16)18/h1-6H,7H2,(H,15,18). The number of aromatic nitrogens is 2. The number of rotatable bonds is 2. The van der Waals surface area contributed by atoms with Crippen molar-refractivity contribution < 1.29 is 0 Å². The Morgan fingerprint density at radius 1 is 1.37 bits per heavy atom. The first-order valence-corrected chi connectivity index (χ1v) is 7.68. The van der Waals surface area contributed by atoms with Gasteiger partial charge in [-0.25, -0.2) is 0 Å². The fourth-order valence-corrected chi connectivity index (χ4v) is 3.48. The molecule has 0 aliphatic carbocycles. The van der Waals surface area contributed by atoms with Gasteiger partial charge in [-0.05, 0) is 41.4 Å². The van der Waals surface area contributed by atoms with Crippen molar-refractivity contribution in [1.82, 2.24) is 9.55 Å². The molecule has 3 aromatic rings. The highest BCUT2D eigenvalue weighted by Gasteiger charge is 2.07. The predicted octanol–water partition coefficient (Wildman–Crippen LogP) is 3.93. The second kappa shape index (κ2) is 5.03. The first-order valence-electron chi connectivity index (χ1n) is 5.60. The number of H-pyrrole nitrogens is 1. The topological polar surface area (TPSA) is 37.8 Å². The number of benzene rings is 1. The Labute approximate surface area is 126 Å². The van der Waals surface area contributed by atoms with Gasteiger partial charge in [0, 0.05) is 4.47 Å². The van der Waals surface area contributed by atoms with Crippen LogP contribution in [-0.2, 0) is 6.54 Å². The van der Waals surface area contributed by atoms with Crippen LogP contribution in [0.2, 0.25) is 0 Å². The van der Waals surface area contributed by atoms with E-state index < -0.39 is 0 Å². The minimum Gasteiger partial charge on any atom is -0.323 e. The summed E-state index contributed by atoms with van der Waals surface area (Å²) in [5, 5.41) is 2.58. The highest BCUT2D eigenvalue weighted by atomic mass is 79.9. The van der Waals surface area contributed by atoms with E-state index in [-0.39, 0.29) is 5.56 Å². The third kappa shape index (κ3) is 2.43. The Morgan fingerprint density at radius 3 is 3.00 bits per heavy atom. The highest BCUT2D eigenvalue weighted by molar-refractivity contribution is 9.10. The summed E-state index contributed by atoms with van der Waals surface area (Å²) in [7, 11) is 0. The van der Waals surface area contributed by atoms with Gasteiger partial charge in [0.25, 0.3) is 5.56 Å². The maximum absolute atomic E-state index is 12.4. The fourth-order valence-electron chi connectivity index (χ4n) is 1.94. The number of fused-ring (bicyclic) bond motifs is 1. The average molecular weight is 353 g/mol. The molecule has 0 amide bonds. The van der Waals surface area contributed by atoms with E-state index >= 15 is 0 Å². The molecule has 96 valence electrons. The molecular formula is C13H9BrN2OS2. The average Bonchev–Trinajstić information content (AvgIpc) is 2.83. The van der Waals surface area contributed by atoms with Gasteiger partial charge in [0.1, 0.15) is 4.83 Å². The molecule has 0 saturated heterocycles. The normalized spacial score (nSPS) is 11.0. The maximum atomic E-state index is 12.4. The van der Waals surface area contributed by atoms with Crippen molar-refractivity contribution in [2.24, 2.45) is 0 Å². The fraction of sp³-hybridized carbons (Fsp3) is 0.0769. The lowest BCUT2D eigenvalue weighted by Gasteiger charge is -2.07. The largest absolute Gasteiger partial charge is 0.323 e. The molecule has 0 aliphatic rings. The Balaban J connectivity index is 2.15. The van der Waals surface area contributed by atoms with Crippen LogP contribution in [-0.4, -0.2) is 9.55 Å². The second-order valence-corrected chi connectivity index (χ2v) is 6.33. The van der Waals surface area contributed by atoms with Gasteiger partial charge in [-0.1, -0.05) is 28.1 Å². The number of aromatic amines is 1. The van der Waals surface area contributed by atoms with Crippen molar-refractivity contribution in [2.75, 3.05) is 0 Å². The van der Waals surface area contributed by atoms with Crippen LogP contribution < -0.4 is 5.56 Å². The predicted molar refractivity (Wildman–Crippen MR) is 84.5 cm³/mol. The van der Waals surface area contributed by atoms with E-state index in [9.17, 15) is 4.79 Å². The molecule has 3 nitrogen and oxygen atoms in total. The van der Waals surface area contributed by atoms with Crippen LogP contribution >= 0.6 is 39.5 Å².